The lowest BCUT2D eigenvalue weighted by Gasteiger charge is -2.23. The lowest BCUT2D eigenvalue weighted by molar-refractivity contribution is 0.0869. The predicted molar refractivity (Wildman–Crippen MR) is 76.3 cm³/mol. The molecule has 0 unspecified atom stereocenters. The fraction of sp³-hybridized carbons (Fsp3) is 0.562. The first-order valence-electron chi connectivity index (χ1n) is 7.05. The van der Waals surface area contributed by atoms with Gasteiger partial charge in [-0.2, -0.15) is 0 Å². The summed E-state index contributed by atoms with van der Waals surface area (Å²) in [5.74, 6) is 0.544. The van der Waals surface area contributed by atoms with Gasteiger partial charge in [0.1, 0.15) is 0 Å². The molecule has 1 aliphatic rings. The monoisotopic (exact) mass is 261 g/mol. The molecule has 1 aromatic rings. The van der Waals surface area contributed by atoms with E-state index in [4.69, 9.17) is 5.11 Å². The minimum Gasteiger partial charge on any atom is -0.394 e. The zero-order valence-electron chi connectivity index (χ0n) is 11.8. The van der Waals surface area contributed by atoms with E-state index in [0.29, 0.717) is 11.5 Å². The third kappa shape index (κ3) is 3.57. The van der Waals surface area contributed by atoms with Crippen LogP contribution in [0.3, 0.4) is 0 Å². The van der Waals surface area contributed by atoms with E-state index in [9.17, 15) is 4.79 Å². The molecule has 0 aromatic heterocycles. The topological polar surface area (TPSA) is 49.3 Å². The molecule has 1 aliphatic carbocycles. The van der Waals surface area contributed by atoms with Crippen molar-refractivity contribution in [2.75, 3.05) is 6.61 Å². The van der Waals surface area contributed by atoms with Crippen LogP contribution < -0.4 is 5.32 Å². The van der Waals surface area contributed by atoms with E-state index < -0.39 is 5.54 Å². The van der Waals surface area contributed by atoms with E-state index in [-0.39, 0.29) is 12.5 Å². The number of nitrogens with one attached hydrogen (secondary N) is 1. The summed E-state index contributed by atoms with van der Waals surface area (Å²) in [6, 6.07) is 7.90. The molecule has 104 valence electrons. The highest BCUT2D eigenvalue weighted by Crippen LogP contribution is 2.33. The van der Waals surface area contributed by atoms with Crippen molar-refractivity contribution < 1.29 is 9.90 Å². The maximum absolute atomic E-state index is 12.0. The van der Waals surface area contributed by atoms with Gasteiger partial charge in [0.05, 0.1) is 12.1 Å². The molecule has 0 saturated heterocycles. The Balaban J connectivity index is 2.03. The van der Waals surface area contributed by atoms with Crippen LogP contribution in [0.2, 0.25) is 0 Å². The van der Waals surface area contributed by atoms with E-state index in [1.54, 1.807) is 13.8 Å². The van der Waals surface area contributed by atoms with E-state index in [2.05, 4.69) is 17.4 Å². The second-order valence-corrected chi connectivity index (χ2v) is 6.10. The number of amides is 1. The minimum atomic E-state index is -0.582. The van der Waals surface area contributed by atoms with Gasteiger partial charge in [-0.15, -0.1) is 0 Å². The minimum absolute atomic E-state index is 0.0705. The number of hydrogen-bond donors (Lipinski definition) is 2. The number of hydrogen-bond acceptors (Lipinski definition) is 2. The lowest BCUT2D eigenvalue weighted by atomic mass is 9.96. The van der Waals surface area contributed by atoms with E-state index >= 15 is 0 Å². The molecule has 0 radical (unpaired) electrons. The summed E-state index contributed by atoms with van der Waals surface area (Å²) in [6.07, 6.45) is 5.17. The summed E-state index contributed by atoms with van der Waals surface area (Å²) in [7, 11) is 0. The van der Waals surface area contributed by atoms with Crippen molar-refractivity contribution in [2.45, 2.75) is 51.0 Å². The molecule has 0 heterocycles. The molecule has 0 spiro atoms. The van der Waals surface area contributed by atoms with Crippen LogP contribution in [0, 0.1) is 0 Å². The Kier molecular flexibility index (Phi) is 4.25. The predicted octanol–water partition coefficient (Wildman–Crippen LogP) is 2.84. The van der Waals surface area contributed by atoms with Gasteiger partial charge in [-0.25, -0.2) is 0 Å². The zero-order valence-corrected chi connectivity index (χ0v) is 11.8. The van der Waals surface area contributed by atoms with Crippen LogP contribution in [0.4, 0.5) is 0 Å². The smallest absolute Gasteiger partial charge is 0.251 e. The van der Waals surface area contributed by atoms with Gasteiger partial charge in [0.2, 0.25) is 0 Å². The Labute approximate surface area is 115 Å². The first kappa shape index (κ1) is 14.1. The maximum Gasteiger partial charge on any atom is 0.251 e. The molecule has 2 N–H and O–H groups in total. The molecular formula is C16H23NO2. The summed E-state index contributed by atoms with van der Waals surface area (Å²) < 4.78 is 0. The molecule has 3 heteroatoms. The average molecular weight is 261 g/mol. The highest BCUT2D eigenvalue weighted by atomic mass is 16.3. The molecule has 1 aromatic carbocycles. The normalized spacial score (nSPS) is 16.6. The number of aliphatic hydroxyl groups excluding tert-OH is 1. The van der Waals surface area contributed by atoms with Crippen LogP contribution in [0.15, 0.2) is 24.3 Å². The van der Waals surface area contributed by atoms with Crippen LogP contribution in [0.1, 0.15) is 61.4 Å². The summed E-state index contributed by atoms with van der Waals surface area (Å²) in [5.41, 5.74) is 1.42. The third-order valence-corrected chi connectivity index (χ3v) is 3.85. The van der Waals surface area contributed by atoms with Crippen LogP contribution in [0.25, 0.3) is 0 Å². The Morgan fingerprint density at radius 1 is 1.26 bits per heavy atom. The van der Waals surface area contributed by atoms with E-state index in [0.717, 1.165) is 0 Å². The highest BCUT2D eigenvalue weighted by molar-refractivity contribution is 5.94. The molecular weight excluding hydrogens is 238 g/mol. The number of aliphatic hydroxyl groups is 1. The van der Waals surface area contributed by atoms with Crippen LogP contribution >= 0.6 is 0 Å². The highest BCUT2D eigenvalue weighted by Gasteiger charge is 2.21. The standard InChI is InChI=1S/C16H23NO2/c1-16(2,11-18)17-15(19)14-9-7-13(8-10-14)12-5-3-4-6-12/h7-10,12,18H,3-6,11H2,1-2H3,(H,17,19). The van der Waals surface area contributed by atoms with Crippen molar-refractivity contribution in [2.24, 2.45) is 0 Å². The maximum atomic E-state index is 12.0. The molecule has 1 saturated carbocycles. The van der Waals surface area contributed by atoms with Crippen molar-refractivity contribution in [3.05, 3.63) is 35.4 Å². The summed E-state index contributed by atoms with van der Waals surface area (Å²) in [6.45, 7) is 3.54. The largest absolute Gasteiger partial charge is 0.394 e. The van der Waals surface area contributed by atoms with Crippen LogP contribution in [-0.4, -0.2) is 23.2 Å². The zero-order chi connectivity index (χ0) is 13.9. The van der Waals surface area contributed by atoms with Gasteiger partial charge in [0.15, 0.2) is 0 Å². The van der Waals surface area contributed by atoms with Gasteiger partial charge in [-0.05, 0) is 50.3 Å². The van der Waals surface area contributed by atoms with Crippen molar-refractivity contribution in [1.82, 2.24) is 5.32 Å². The van der Waals surface area contributed by atoms with Crippen molar-refractivity contribution in [3.63, 3.8) is 0 Å². The molecule has 0 atom stereocenters. The Hall–Kier alpha value is -1.35. The van der Waals surface area contributed by atoms with Gasteiger partial charge in [0.25, 0.3) is 5.91 Å². The second-order valence-electron chi connectivity index (χ2n) is 6.10. The van der Waals surface area contributed by atoms with Crippen molar-refractivity contribution >= 4 is 5.91 Å². The lowest BCUT2D eigenvalue weighted by Crippen LogP contribution is -2.46. The molecule has 3 nitrogen and oxygen atoms in total. The average Bonchev–Trinajstić information content (AvgIpc) is 2.92. The fourth-order valence-corrected chi connectivity index (χ4v) is 2.58. The van der Waals surface area contributed by atoms with Crippen LogP contribution in [0.5, 0.6) is 0 Å². The Morgan fingerprint density at radius 3 is 2.37 bits per heavy atom. The molecule has 19 heavy (non-hydrogen) atoms. The molecule has 0 aliphatic heterocycles. The molecule has 1 fully saturated rings. The fourth-order valence-electron chi connectivity index (χ4n) is 2.58. The number of benzene rings is 1. The number of carbonyl (C=O) groups excluding carboxylic acids is 1. The molecule has 0 bridgehead atoms. The quantitative estimate of drug-likeness (QED) is 0.875. The number of rotatable bonds is 4. The van der Waals surface area contributed by atoms with E-state index in [1.165, 1.54) is 31.2 Å². The van der Waals surface area contributed by atoms with Gasteiger partial charge < -0.3 is 10.4 Å². The van der Waals surface area contributed by atoms with E-state index in [1.807, 2.05) is 12.1 Å². The summed E-state index contributed by atoms with van der Waals surface area (Å²) >= 11 is 0. The van der Waals surface area contributed by atoms with Gasteiger partial charge in [-0.1, -0.05) is 25.0 Å². The third-order valence-electron chi connectivity index (χ3n) is 3.85. The van der Waals surface area contributed by atoms with Crippen molar-refractivity contribution in [1.29, 1.82) is 0 Å². The Bertz CT molecular complexity index is 431. The summed E-state index contributed by atoms with van der Waals surface area (Å²) in [5, 5.41) is 12.0. The first-order chi connectivity index (χ1) is 9.02. The van der Waals surface area contributed by atoms with Crippen LogP contribution in [-0.2, 0) is 0 Å². The SMILES string of the molecule is CC(C)(CO)NC(=O)c1ccc(C2CCCC2)cc1. The Morgan fingerprint density at radius 2 is 1.84 bits per heavy atom. The van der Waals surface area contributed by atoms with Gasteiger partial charge in [0, 0.05) is 5.56 Å². The van der Waals surface area contributed by atoms with Crippen molar-refractivity contribution in [3.8, 4) is 0 Å². The van der Waals surface area contributed by atoms with Gasteiger partial charge >= 0.3 is 0 Å². The summed E-state index contributed by atoms with van der Waals surface area (Å²) in [4.78, 5) is 12.0. The molecule has 1 amide bonds. The number of carbonyl (C=O) groups is 1. The molecule has 2 rings (SSSR count). The van der Waals surface area contributed by atoms with Gasteiger partial charge in [-0.3, -0.25) is 4.79 Å². The first-order valence-corrected chi connectivity index (χ1v) is 7.05. The second kappa shape index (κ2) is 5.74.